The topological polar surface area (TPSA) is 78.1 Å². The van der Waals surface area contributed by atoms with Crippen molar-refractivity contribution >= 4 is 28.3 Å². The zero-order chi connectivity index (χ0) is 25.1. The van der Waals surface area contributed by atoms with E-state index in [0.29, 0.717) is 30.3 Å². The van der Waals surface area contributed by atoms with Gasteiger partial charge in [-0.1, -0.05) is 11.6 Å². The molecular weight excluding hydrogens is 471 g/mol. The highest BCUT2D eigenvalue weighted by atomic mass is 35.5. The number of aromatic nitrogens is 5. The van der Waals surface area contributed by atoms with Crippen LogP contribution in [0.2, 0.25) is 5.02 Å². The maximum Gasteiger partial charge on any atom is 0.263 e. The molecule has 5 rings (SSSR count). The maximum atomic E-state index is 15.1. The highest BCUT2D eigenvalue weighted by Gasteiger charge is 2.39. The normalized spacial score (nSPS) is 20.5. The number of nitrogens with zero attached hydrogens (tertiary/aromatic N) is 6. The summed E-state index contributed by atoms with van der Waals surface area (Å²) in [5, 5.41) is 4.83. The van der Waals surface area contributed by atoms with E-state index >= 15 is 4.39 Å². The molecule has 35 heavy (non-hydrogen) atoms. The smallest absolute Gasteiger partial charge is 0.263 e. The van der Waals surface area contributed by atoms with Gasteiger partial charge in [-0.25, -0.2) is 14.4 Å². The molecule has 0 aliphatic carbocycles. The molecule has 182 valence electrons. The number of aryl methyl sites for hydroxylation is 2. The van der Waals surface area contributed by atoms with Gasteiger partial charge in [-0.3, -0.25) is 14.0 Å². The van der Waals surface area contributed by atoms with Gasteiger partial charge in [0, 0.05) is 42.5 Å². The van der Waals surface area contributed by atoms with Gasteiger partial charge in [0.2, 0.25) is 0 Å². The van der Waals surface area contributed by atoms with Gasteiger partial charge in [-0.05, 0) is 39.0 Å². The van der Waals surface area contributed by atoms with E-state index in [9.17, 15) is 4.79 Å². The molecule has 4 heterocycles. The van der Waals surface area contributed by atoms with Crippen LogP contribution in [0, 0.1) is 12.7 Å². The number of fused-ring (bicyclic) bond motifs is 1. The Morgan fingerprint density at radius 2 is 2.00 bits per heavy atom. The fourth-order valence-corrected chi connectivity index (χ4v) is 4.66. The minimum atomic E-state index is -0.626. The van der Waals surface area contributed by atoms with Crippen molar-refractivity contribution in [3.63, 3.8) is 0 Å². The van der Waals surface area contributed by atoms with Crippen LogP contribution < -0.4 is 10.5 Å². The van der Waals surface area contributed by atoms with Gasteiger partial charge in [0.1, 0.15) is 23.1 Å². The van der Waals surface area contributed by atoms with E-state index < -0.39 is 11.4 Å². The summed E-state index contributed by atoms with van der Waals surface area (Å²) in [6.07, 6.45) is 3.73. The summed E-state index contributed by atoms with van der Waals surface area (Å²) < 4.78 is 24.5. The number of morpholine rings is 1. The molecule has 0 amide bonds. The molecule has 0 radical (unpaired) electrons. The Balaban J connectivity index is 1.72. The van der Waals surface area contributed by atoms with Gasteiger partial charge in [0.05, 0.1) is 42.0 Å². The number of anilines is 1. The second-order valence-corrected chi connectivity index (χ2v) is 9.73. The Morgan fingerprint density at radius 1 is 1.23 bits per heavy atom. The van der Waals surface area contributed by atoms with Crippen molar-refractivity contribution in [3.05, 3.63) is 69.2 Å². The standard InChI is InChI=1S/C25H26ClFN6O2/c1-14-12-35-25(3,16-10-28-31(4)11-16)13-33(14)21-9-20-22(24(34)32(5)15(2)29-20)23(30-21)18-7-6-17(26)8-19(18)27/h6-11,14H,12-13H2,1-5H3/t14-,25?/m1/s1. The molecule has 10 heteroatoms. The Bertz CT molecular complexity index is 1520. The molecule has 4 aromatic rings. The molecule has 0 saturated carbocycles. The molecule has 8 nitrogen and oxygen atoms in total. The third-order valence-electron chi connectivity index (χ3n) is 6.71. The van der Waals surface area contributed by atoms with Crippen molar-refractivity contribution in [2.24, 2.45) is 14.1 Å². The number of halogens is 2. The maximum absolute atomic E-state index is 15.1. The highest BCUT2D eigenvalue weighted by Crippen LogP contribution is 2.36. The van der Waals surface area contributed by atoms with Crippen molar-refractivity contribution in [3.8, 4) is 11.3 Å². The highest BCUT2D eigenvalue weighted by molar-refractivity contribution is 6.30. The quantitative estimate of drug-likeness (QED) is 0.427. The number of hydrogen-bond acceptors (Lipinski definition) is 6. The third kappa shape index (κ3) is 3.98. The second kappa shape index (κ2) is 8.42. The monoisotopic (exact) mass is 496 g/mol. The average molecular weight is 497 g/mol. The molecule has 1 saturated heterocycles. The Labute approximate surface area is 206 Å². The van der Waals surface area contributed by atoms with Crippen LogP contribution in [0.15, 0.2) is 41.5 Å². The first-order chi connectivity index (χ1) is 16.6. The van der Waals surface area contributed by atoms with Crippen LogP contribution in [-0.4, -0.2) is 43.5 Å². The first-order valence-corrected chi connectivity index (χ1v) is 11.7. The fraction of sp³-hybridized carbons (Fsp3) is 0.360. The van der Waals surface area contributed by atoms with Crippen LogP contribution in [-0.2, 0) is 24.4 Å². The van der Waals surface area contributed by atoms with Crippen LogP contribution in [0.3, 0.4) is 0 Å². The molecule has 3 aromatic heterocycles. The van der Waals surface area contributed by atoms with Gasteiger partial charge >= 0.3 is 0 Å². The van der Waals surface area contributed by atoms with Crippen molar-refractivity contribution in [1.82, 2.24) is 24.3 Å². The summed E-state index contributed by atoms with van der Waals surface area (Å²) in [5.41, 5.74) is 0.929. The van der Waals surface area contributed by atoms with Crippen LogP contribution in [0.5, 0.6) is 0 Å². The van der Waals surface area contributed by atoms with Gasteiger partial charge < -0.3 is 9.64 Å². The van der Waals surface area contributed by atoms with Crippen molar-refractivity contribution in [1.29, 1.82) is 0 Å². The average Bonchev–Trinajstić information content (AvgIpc) is 3.26. The second-order valence-electron chi connectivity index (χ2n) is 9.29. The van der Waals surface area contributed by atoms with E-state index in [-0.39, 0.29) is 33.3 Å². The number of benzene rings is 1. The Kier molecular flexibility index (Phi) is 5.64. The number of rotatable bonds is 3. The zero-order valence-electron chi connectivity index (χ0n) is 20.2. The Hall–Kier alpha value is -3.30. The molecule has 1 aromatic carbocycles. The first-order valence-electron chi connectivity index (χ1n) is 11.3. The lowest BCUT2D eigenvalue weighted by atomic mass is 9.95. The van der Waals surface area contributed by atoms with E-state index in [1.807, 2.05) is 27.1 Å². The minimum Gasteiger partial charge on any atom is -0.366 e. The van der Waals surface area contributed by atoms with Crippen molar-refractivity contribution in [2.45, 2.75) is 32.4 Å². The summed E-state index contributed by atoms with van der Waals surface area (Å²) in [4.78, 5) is 24.9. The lowest BCUT2D eigenvalue weighted by Gasteiger charge is -2.44. The van der Waals surface area contributed by atoms with Crippen molar-refractivity contribution in [2.75, 3.05) is 18.1 Å². The predicted octanol–water partition coefficient (Wildman–Crippen LogP) is 3.97. The van der Waals surface area contributed by atoms with Gasteiger partial charge in [-0.2, -0.15) is 5.10 Å². The molecular formula is C25H26ClFN6O2. The molecule has 1 aliphatic rings. The summed E-state index contributed by atoms with van der Waals surface area (Å²) in [7, 11) is 3.51. The van der Waals surface area contributed by atoms with Crippen LogP contribution in [0.1, 0.15) is 25.2 Å². The molecule has 1 aliphatic heterocycles. The number of hydrogen-bond donors (Lipinski definition) is 0. The fourth-order valence-electron chi connectivity index (χ4n) is 4.50. The summed E-state index contributed by atoms with van der Waals surface area (Å²) in [6.45, 7) is 6.77. The summed E-state index contributed by atoms with van der Waals surface area (Å²) in [6, 6.07) is 6.14. The minimum absolute atomic E-state index is 0.0137. The Morgan fingerprint density at radius 3 is 2.69 bits per heavy atom. The van der Waals surface area contributed by atoms with Gasteiger partial charge in [0.15, 0.2) is 0 Å². The summed E-state index contributed by atoms with van der Waals surface area (Å²) >= 11 is 6.00. The molecule has 0 N–H and O–H groups in total. The third-order valence-corrected chi connectivity index (χ3v) is 6.95. The van der Waals surface area contributed by atoms with E-state index in [4.69, 9.17) is 21.3 Å². The van der Waals surface area contributed by atoms with Gasteiger partial charge in [0.25, 0.3) is 5.56 Å². The zero-order valence-corrected chi connectivity index (χ0v) is 21.0. The number of pyridine rings is 1. The van der Waals surface area contributed by atoms with Gasteiger partial charge in [-0.15, -0.1) is 0 Å². The van der Waals surface area contributed by atoms with E-state index in [2.05, 4.69) is 15.0 Å². The molecule has 0 bridgehead atoms. The SMILES string of the molecule is Cc1nc2cc(N3CC(C)(c4cnn(C)c4)OC[C@H]3C)nc(-c3ccc(Cl)cc3F)c2c(=O)n1C. The summed E-state index contributed by atoms with van der Waals surface area (Å²) in [5.74, 6) is 0.589. The molecule has 2 atom stereocenters. The number of ether oxygens (including phenoxy) is 1. The first kappa shape index (κ1) is 23.4. The van der Waals surface area contributed by atoms with Crippen LogP contribution in [0.4, 0.5) is 10.2 Å². The van der Waals surface area contributed by atoms with Crippen LogP contribution in [0.25, 0.3) is 22.2 Å². The van der Waals surface area contributed by atoms with Crippen molar-refractivity contribution < 1.29 is 9.13 Å². The largest absolute Gasteiger partial charge is 0.366 e. The molecule has 0 spiro atoms. The van der Waals surface area contributed by atoms with E-state index in [1.165, 1.54) is 10.6 Å². The molecule has 1 unspecified atom stereocenters. The van der Waals surface area contributed by atoms with Crippen LogP contribution >= 0.6 is 11.6 Å². The predicted molar refractivity (Wildman–Crippen MR) is 133 cm³/mol. The molecule has 1 fully saturated rings. The van der Waals surface area contributed by atoms with E-state index in [1.54, 1.807) is 43.0 Å². The lowest BCUT2D eigenvalue weighted by molar-refractivity contribution is -0.0605. The van der Waals surface area contributed by atoms with E-state index in [0.717, 1.165) is 5.56 Å². The lowest BCUT2D eigenvalue weighted by Crippen LogP contribution is -2.53.